The van der Waals surface area contributed by atoms with Gasteiger partial charge in [0.1, 0.15) is 5.82 Å². The molecule has 1 amide bonds. The van der Waals surface area contributed by atoms with Gasteiger partial charge in [-0.25, -0.2) is 9.37 Å². The molecule has 2 aromatic heterocycles. The second-order valence-electron chi connectivity index (χ2n) is 8.41. The summed E-state index contributed by atoms with van der Waals surface area (Å²) in [5, 5.41) is 4.63. The Morgan fingerprint density at radius 3 is 2.57 bits per heavy atom. The summed E-state index contributed by atoms with van der Waals surface area (Å²) in [4.78, 5) is 24.3. The van der Waals surface area contributed by atoms with Crippen LogP contribution < -0.4 is 4.90 Å². The summed E-state index contributed by atoms with van der Waals surface area (Å²) < 4.78 is 19.6. The van der Waals surface area contributed by atoms with Crippen molar-refractivity contribution in [3.8, 4) is 11.4 Å². The number of hydrogen-bond donors (Lipinski definition) is 0. The van der Waals surface area contributed by atoms with E-state index in [0.29, 0.717) is 35.4 Å². The lowest BCUT2D eigenvalue weighted by Crippen LogP contribution is -2.30. The van der Waals surface area contributed by atoms with Gasteiger partial charge in [0, 0.05) is 18.4 Å². The highest BCUT2D eigenvalue weighted by Crippen LogP contribution is 2.33. The standard InChI is InChI=1S/C27H23FN4O2S/c1-17-14-18(2)25-22(15-17)35-27(30-25)32(16-19-6-4-3-5-7-19)24(33)13-12-23-29-26(31-34-23)20-8-10-21(28)11-9-20/h3-11,14-15H,12-13,16H2,1-2H3. The fourth-order valence-corrected chi connectivity index (χ4v) is 5.08. The molecule has 176 valence electrons. The Hall–Kier alpha value is -3.91. The quantitative estimate of drug-likeness (QED) is 0.271. The van der Waals surface area contributed by atoms with Gasteiger partial charge in [-0.2, -0.15) is 4.98 Å². The molecule has 5 aromatic rings. The minimum atomic E-state index is -0.332. The zero-order valence-corrected chi connectivity index (χ0v) is 20.2. The van der Waals surface area contributed by atoms with Crippen molar-refractivity contribution in [3.05, 3.63) is 95.1 Å². The van der Waals surface area contributed by atoms with Gasteiger partial charge in [-0.1, -0.05) is 52.9 Å². The van der Waals surface area contributed by atoms with E-state index in [9.17, 15) is 9.18 Å². The van der Waals surface area contributed by atoms with Gasteiger partial charge in [0.15, 0.2) is 5.13 Å². The Balaban J connectivity index is 1.37. The maximum absolute atomic E-state index is 13.4. The number of anilines is 1. The van der Waals surface area contributed by atoms with Crippen LogP contribution in [0.1, 0.15) is 29.0 Å². The van der Waals surface area contributed by atoms with Gasteiger partial charge >= 0.3 is 0 Å². The highest BCUT2D eigenvalue weighted by atomic mass is 32.1. The van der Waals surface area contributed by atoms with Crippen LogP contribution in [0.5, 0.6) is 0 Å². The Kier molecular flexibility index (Phi) is 6.37. The number of nitrogens with zero attached hydrogens (tertiary/aromatic N) is 4. The van der Waals surface area contributed by atoms with Gasteiger partial charge < -0.3 is 4.52 Å². The molecular formula is C27H23FN4O2S. The van der Waals surface area contributed by atoms with E-state index in [1.54, 1.807) is 17.0 Å². The first kappa shape index (κ1) is 22.9. The third-order valence-corrected chi connectivity index (χ3v) is 6.68. The van der Waals surface area contributed by atoms with Crippen molar-refractivity contribution < 1.29 is 13.7 Å². The van der Waals surface area contributed by atoms with Crippen molar-refractivity contribution in [2.24, 2.45) is 0 Å². The number of hydrogen-bond acceptors (Lipinski definition) is 6. The molecule has 6 nitrogen and oxygen atoms in total. The van der Waals surface area contributed by atoms with Crippen molar-refractivity contribution >= 4 is 32.6 Å². The van der Waals surface area contributed by atoms with E-state index in [0.717, 1.165) is 21.3 Å². The largest absolute Gasteiger partial charge is 0.339 e. The minimum Gasteiger partial charge on any atom is -0.339 e. The topological polar surface area (TPSA) is 72.1 Å². The zero-order valence-electron chi connectivity index (χ0n) is 19.4. The van der Waals surface area contributed by atoms with Gasteiger partial charge in [-0.15, -0.1) is 0 Å². The molecule has 0 aliphatic rings. The van der Waals surface area contributed by atoms with Crippen LogP contribution in [0.3, 0.4) is 0 Å². The van der Waals surface area contributed by atoms with Gasteiger partial charge in [-0.05, 0) is 60.9 Å². The molecule has 0 saturated heterocycles. The molecule has 35 heavy (non-hydrogen) atoms. The van der Waals surface area contributed by atoms with Crippen LogP contribution in [0, 0.1) is 19.7 Å². The lowest BCUT2D eigenvalue weighted by molar-refractivity contribution is -0.118. The number of halogens is 1. The molecule has 0 spiro atoms. The monoisotopic (exact) mass is 486 g/mol. The first-order chi connectivity index (χ1) is 17.0. The molecule has 3 aromatic carbocycles. The van der Waals surface area contributed by atoms with Crippen LogP contribution in [-0.4, -0.2) is 21.0 Å². The number of amides is 1. The average molecular weight is 487 g/mol. The molecule has 0 radical (unpaired) electrons. The maximum atomic E-state index is 13.4. The Morgan fingerprint density at radius 2 is 1.80 bits per heavy atom. The van der Waals surface area contributed by atoms with Crippen molar-refractivity contribution in [2.45, 2.75) is 33.2 Å². The van der Waals surface area contributed by atoms with Gasteiger partial charge in [0.2, 0.25) is 17.6 Å². The first-order valence-corrected chi connectivity index (χ1v) is 12.1. The van der Waals surface area contributed by atoms with Crippen molar-refractivity contribution in [3.63, 3.8) is 0 Å². The molecule has 8 heteroatoms. The number of aromatic nitrogens is 3. The van der Waals surface area contributed by atoms with Crippen LogP contribution in [0.4, 0.5) is 9.52 Å². The molecule has 0 bridgehead atoms. The van der Waals surface area contributed by atoms with E-state index >= 15 is 0 Å². The van der Waals surface area contributed by atoms with Gasteiger partial charge in [0.25, 0.3) is 0 Å². The molecule has 0 atom stereocenters. The Morgan fingerprint density at radius 1 is 1.03 bits per heavy atom. The number of aryl methyl sites for hydroxylation is 3. The number of rotatable bonds is 7. The van der Waals surface area contributed by atoms with Crippen LogP contribution in [0.25, 0.3) is 21.6 Å². The molecule has 0 aliphatic carbocycles. The molecule has 0 aliphatic heterocycles. The lowest BCUT2D eigenvalue weighted by Gasteiger charge is -2.19. The lowest BCUT2D eigenvalue weighted by atomic mass is 10.1. The summed E-state index contributed by atoms with van der Waals surface area (Å²) in [5.74, 6) is 0.310. The molecule has 0 N–H and O–H groups in total. The Labute approximate surface area is 206 Å². The maximum Gasteiger partial charge on any atom is 0.229 e. The van der Waals surface area contributed by atoms with Gasteiger partial charge in [0.05, 0.1) is 16.8 Å². The second-order valence-corrected chi connectivity index (χ2v) is 9.42. The molecule has 0 fully saturated rings. The van der Waals surface area contributed by atoms with Crippen LogP contribution in [-0.2, 0) is 17.8 Å². The zero-order chi connectivity index (χ0) is 24.4. The normalized spacial score (nSPS) is 11.2. The molecule has 2 heterocycles. The predicted octanol–water partition coefficient (Wildman–Crippen LogP) is 6.27. The van der Waals surface area contributed by atoms with E-state index in [-0.39, 0.29) is 18.1 Å². The highest BCUT2D eigenvalue weighted by Gasteiger charge is 2.22. The molecule has 5 rings (SSSR count). The van der Waals surface area contributed by atoms with E-state index in [4.69, 9.17) is 9.51 Å². The van der Waals surface area contributed by atoms with Crippen molar-refractivity contribution in [1.82, 2.24) is 15.1 Å². The molecule has 0 saturated carbocycles. The van der Waals surface area contributed by atoms with Gasteiger partial charge in [-0.3, -0.25) is 9.69 Å². The Bertz CT molecular complexity index is 1480. The summed E-state index contributed by atoms with van der Waals surface area (Å²) >= 11 is 1.52. The predicted molar refractivity (Wildman–Crippen MR) is 135 cm³/mol. The fraction of sp³-hybridized carbons (Fsp3) is 0.185. The van der Waals surface area contributed by atoms with E-state index < -0.39 is 0 Å². The van der Waals surface area contributed by atoms with E-state index in [2.05, 4.69) is 29.2 Å². The third kappa shape index (κ3) is 5.12. The third-order valence-electron chi connectivity index (χ3n) is 5.66. The van der Waals surface area contributed by atoms with Crippen molar-refractivity contribution in [2.75, 3.05) is 4.90 Å². The van der Waals surface area contributed by atoms with E-state index in [1.165, 1.54) is 29.0 Å². The van der Waals surface area contributed by atoms with Crippen LogP contribution in [0.2, 0.25) is 0 Å². The summed E-state index contributed by atoms with van der Waals surface area (Å²) in [5.41, 5.74) is 4.85. The number of carbonyl (C=O) groups excluding carboxylic acids is 1. The average Bonchev–Trinajstić information content (AvgIpc) is 3.50. The summed E-state index contributed by atoms with van der Waals surface area (Å²) in [6.07, 6.45) is 0.479. The minimum absolute atomic E-state index is 0.0798. The summed E-state index contributed by atoms with van der Waals surface area (Å²) in [6, 6.07) is 19.9. The molecule has 0 unspecified atom stereocenters. The second kappa shape index (κ2) is 9.76. The summed E-state index contributed by atoms with van der Waals surface area (Å²) in [6.45, 7) is 4.52. The number of benzene rings is 3. The first-order valence-electron chi connectivity index (χ1n) is 11.3. The van der Waals surface area contributed by atoms with Crippen LogP contribution in [0.15, 0.2) is 71.3 Å². The smallest absolute Gasteiger partial charge is 0.229 e. The molecular weight excluding hydrogens is 463 g/mol. The number of carbonyl (C=O) groups is 1. The SMILES string of the molecule is Cc1cc(C)c2nc(N(Cc3ccccc3)C(=O)CCc3nc(-c4ccc(F)cc4)no3)sc2c1. The number of thiazole rings is 1. The van der Waals surface area contributed by atoms with Crippen molar-refractivity contribution in [1.29, 1.82) is 0 Å². The number of fused-ring (bicyclic) bond motifs is 1. The van der Waals surface area contributed by atoms with E-state index in [1.807, 2.05) is 37.3 Å². The highest BCUT2D eigenvalue weighted by molar-refractivity contribution is 7.22. The van der Waals surface area contributed by atoms with Crippen LogP contribution >= 0.6 is 11.3 Å². The summed E-state index contributed by atoms with van der Waals surface area (Å²) in [7, 11) is 0. The fourth-order valence-electron chi connectivity index (χ4n) is 3.92.